The molecule has 0 aliphatic rings. The summed E-state index contributed by atoms with van der Waals surface area (Å²) in [7, 11) is 2.87. The zero-order chi connectivity index (χ0) is 17.9. The molecule has 0 radical (unpaired) electrons. The Hall–Kier alpha value is -2.71. The van der Waals surface area contributed by atoms with Gasteiger partial charge in [0.2, 0.25) is 0 Å². The van der Waals surface area contributed by atoms with Gasteiger partial charge in [-0.15, -0.1) is 0 Å². The van der Waals surface area contributed by atoms with E-state index in [1.54, 1.807) is 20.0 Å². The number of benzene rings is 1. The number of aromatic nitrogens is 2. The molecule has 1 aromatic heterocycles. The lowest BCUT2D eigenvalue weighted by molar-refractivity contribution is 0.102. The number of ether oxygens (including phenoxy) is 1. The molecular weight excluding hydrogens is 325 g/mol. The van der Waals surface area contributed by atoms with Crippen molar-refractivity contribution in [2.75, 3.05) is 12.4 Å². The van der Waals surface area contributed by atoms with Crippen molar-refractivity contribution in [3.8, 4) is 5.75 Å². The number of amides is 2. The van der Waals surface area contributed by atoms with Crippen molar-refractivity contribution < 1.29 is 22.7 Å². The first-order valence-corrected chi connectivity index (χ1v) is 7.01. The molecule has 2 amide bonds. The summed E-state index contributed by atoms with van der Waals surface area (Å²) in [6.45, 7) is 1.73. The molecule has 9 heteroatoms. The molecule has 0 saturated carbocycles. The lowest BCUT2D eigenvalue weighted by Gasteiger charge is -2.19. The van der Waals surface area contributed by atoms with Gasteiger partial charge in [-0.3, -0.25) is 10.00 Å². The second-order valence-corrected chi connectivity index (χ2v) is 5.10. The highest BCUT2D eigenvalue weighted by Crippen LogP contribution is 2.26. The number of alkyl halides is 2. The van der Waals surface area contributed by atoms with Crippen molar-refractivity contribution in [1.82, 2.24) is 15.1 Å². The quantitative estimate of drug-likeness (QED) is 0.878. The number of hydrogen-bond acceptors (Lipinski definition) is 3. The van der Waals surface area contributed by atoms with Crippen molar-refractivity contribution in [2.24, 2.45) is 7.05 Å². The highest BCUT2D eigenvalue weighted by atomic mass is 19.3. The Kier molecular flexibility index (Phi) is 5.32. The topological polar surface area (TPSA) is 68.2 Å². The van der Waals surface area contributed by atoms with E-state index in [9.17, 15) is 18.0 Å². The van der Waals surface area contributed by atoms with Crippen LogP contribution in [0.15, 0.2) is 24.3 Å². The van der Waals surface area contributed by atoms with Crippen molar-refractivity contribution >= 4 is 11.8 Å². The molecule has 0 bridgehead atoms. The Morgan fingerprint density at radius 1 is 1.33 bits per heavy atom. The van der Waals surface area contributed by atoms with Crippen LogP contribution in [-0.2, 0) is 7.05 Å². The maximum absolute atomic E-state index is 13.7. The third-order valence-electron chi connectivity index (χ3n) is 3.32. The molecule has 1 unspecified atom stereocenters. The minimum absolute atomic E-state index is 0.0680. The van der Waals surface area contributed by atoms with E-state index in [4.69, 9.17) is 4.74 Å². The van der Waals surface area contributed by atoms with Crippen molar-refractivity contribution in [3.63, 3.8) is 0 Å². The van der Waals surface area contributed by atoms with E-state index in [-0.39, 0.29) is 11.3 Å². The normalized spacial score (nSPS) is 12.1. The summed E-state index contributed by atoms with van der Waals surface area (Å²) in [4.78, 5) is 12.0. The Morgan fingerprint density at radius 3 is 2.54 bits per heavy atom. The van der Waals surface area contributed by atoms with Crippen LogP contribution in [-0.4, -0.2) is 29.3 Å². The zero-order valence-electron chi connectivity index (χ0n) is 13.3. The van der Waals surface area contributed by atoms with Gasteiger partial charge in [-0.1, -0.05) is 6.07 Å². The number of hydrogen-bond donors (Lipinski definition) is 2. The second kappa shape index (κ2) is 7.24. The van der Waals surface area contributed by atoms with E-state index in [1.165, 1.54) is 23.9 Å². The van der Waals surface area contributed by atoms with E-state index >= 15 is 0 Å². The van der Waals surface area contributed by atoms with Gasteiger partial charge in [-0.25, -0.2) is 18.0 Å². The summed E-state index contributed by atoms with van der Waals surface area (Å²) in [5.41, 5.74) is 0.593. The molecule has 130 valence electrons. The highest BCUT2D eigenvalue weighted by molar-refractivity contribution is 5.88. The molecule has 1 atom stereocenters. The van der Waals surface area contributed by atoms with E-state index in [0.717, 1.165) is 6.07 Å². The third kappa shape index (κ3) is 3.98. The van der Waals surface area contributed by atoms with Gasteiger partial charge < -0.3 is 10.1 Å². The predicted molar refractivity (Wildman–Crippen MR) is 81.8 cm³/mol. The monoisotopic (exact) mass is 342 g/mol. The van der Waals surface area contributed by atoms with Gasteiger partial charge in [0.05, 0.1) is 12.8 Å². The predicted octanol–water partition coefficient (Wildman–Crippen LogP) is 3.00. The molecule has 1 aromatic carbocycles. The standard InChI is InChI=1S/C15H17F3N4O2/c1-8-6-12(22(2)21-8)19-15(23)20-13(14(17)18)9-4-5-11(24-3)10(16)7-9/h4-7,13-14H,1-3H3,(H2,19,20,23). The minimum atomic E-state index is -2.92. The fraction of sp³-hybridized carbons (Fsp3) is 0.333. The SMILES string of the molecule is COc1ccc(C(NC(=O)Nc2cc(C)nn2C)C(F)F)cc1F. The number of aryl methyl sites for hydroxylation is 2. The van der Waals surface area contributed by atoms with Crippen molar-refractivity contribution in [3.05, 3.63) is 41.3 Å². The van der Waals surface area contributed by atoms with Crippen molar-refractivity contribution in [2.45, 2.75) is 19.4 Å². The molecule has 6 nitrogen and oxygen atoms in total. The first kappa shape index (κ1) is 17.6. The van der Waals surface area contributed by atoms with Gasteiger partial charge in [0.1, 0.15) is 11.9 Å². The average molecular weight is 342 g/mol. The Labute approximate surface area is 136 Å². The summed E-state index contributed by atoms with van der Waals surface area (Å²) < 4.78 is 46.4. The number of nitrogens with zero attached hydrogens (tertiary/aromatic N) is 2. The third-order valence-corrected chi connectivity index (χ3v) is 3.32. The van der Waals surface area contributed by atoms with Crippen LogP contribution in [0.25, 0.3) is 0 Å². The zero-order valence-corrected chi connectivity index (χ0v) is 13.3. The maximum atomic E-state index is 13.7. The van der Waals surface area contributed by atoms with Gasteiger partial charge in [0, 0.05) is 13.1 Å². The summed E-state index contributed by atoms with van der Waals surface area (Å²) in [6.07, 6.45) is -2.92. The molecule has 0 saturated heterocycles. The molecule has 0 aliphatic heterocycles. The highest BCUT2D eigenvalue weighted by Gasteiger charge is 2.26. The largest absolute Gasteiger partial charge is 0.494 e. The summed E-state index contributed by atoms with van der Waals surface area (Å²) in [5, 5.41) is 8.59. The molecule has 2 N–H and O–H groups in total. The van der Waals surface area contributed by atoms with Gasteiger partial charge in [-0.05, 0) is 24.6 Å². The lowest BCUT2D eigenvalue weighted by Crippen LogP contribution is -2.36. The van der Waals surface area contributed by atoms with Gasteiger partial charge in [-0.2, -0.15) is 5.10 Å². The summed E-state index contributed by atoms with van der Waals surface area (Å²) >= 11 is 0. The van der Waals surface area contributed by atoms with Crippen LogP contribution in [0.5, 0.6) is 5.75 Å². The van der Waals surface area contributed by atoms with Crippen LogP contribution < -0.4 is 15.4 Å². The molecule has 24 heavy (non-hydrogen) atoms. The Bertz CT molecular complexity index is 734. The molecular formula is C15H17F3N4O2. The molecule has 0 spiro atoms. The fourth-order valence-corrected chi connectivity index (χ4v) is 2.19. The van der Waals surface area contributed by atoms with Crippen molar-refractivity contribution in [1.29, 1.82) is 0 Å². The van der Waals surface area contributed by atoms with Crippen LogP contribution in [0.1, 0.15) is 17.3 Å². The minimum Gasteiger partial charge on any atom is -0.494 e. The number of carbonyl (C=O) groups is 1. The number of methoxy groups -OCH3 is 1. The van der Waals surface area contributed by atoms with E-state index in [2.05, 4.69) is 15.7 Å². The van der Waals surface area contributed by atoms with Crippen LogP contribution in [0.2, 0.25) is 0 Å². The first-order chi connectivity index (χ1) is 11.3. The maximum Gasteiger partial charge on any atom is 0.321 e. The number of nitrogens with one attached hydrogen (secondary N) is 2. The number of anilines is 1. The fourth-order valence-electron chi connectivity index (χ4n) is 2.19. The molecule has 0 aliphatic carbocycles. The number of rotatable bonds is 5. The molecule has 0 fully saturated rings. The molecule has 2 aromatic rings. The second-order valence-electron chi connectivity index (χ2n) is 5.10. The van der Waals surface area contributed by atoms with Gasteiger partial charge in [0.25, 0.3) is 6.43 Å². The van der Waals surface area contributed by atoms with E-state index < -0.39 is 24.3 Å². The van der Waals surface area contributed by atoms with Crippen LogP contribution in [0.4, 0.5) is 23.8 Å². The number of halogens is 3. The number of carbonyl (C=O) groups excluding carboxylic acids is 1. The molecule has 2 rings (SSSR count). The Balaban J connectivity index is 2.15. The van der Waals surface area contributed by atoms with Crippen LogP contribution in [0, 0.1) is 12.7 Å². The number of urea groups is 1. The Morgan fingerprint density at radius 2 is 2.04 bits per heavy atom. The van der Waals surface area contributed by atoms with E-state index in [0.29, 0.717) is 11.5 Å². The van der Waals surface area contributed by atoms with E-state index in [1.807, 2.05) is 0 Å². The van der Waals surface area contributed by atoms with Gasteiger partial charge in [0.15, 0.2) is 11.6 Å². The summed E-state index contributed by atoms with van der Waals surface area (Å²) in [5.74, 6) is -0.509. The smallest absolute Gasteiger partial charge is 0.321 e. The van der Waals surface area contributed by atoms with Crippen LogP contribution in [0.3, 0.4) is 0 Å². The first-order valence-electron chi connectivity index (χ1n) is 7.01. The average Bonchev–Trinajstić information content (AvgIpc) is 2.82. The molecule has 1 heterocycles. The van der Waals surface area contributed by atoms with Gasteiger partial charge >= 0.3 is 6.03 Å². The summed E-state index contributed by atoms with van der Waals surface area (Å²) in [6, 6.07) is 2.48. The van der Waals surface area contributed by atoms with Crippen LogP contribution >= 0.6 is 0 Å². The lowest BCUT2D eigenvalue weighted by atomic mass is 10.1.